The summed E-state index contributed by atoms with van der Waals surface area (Å²) < 4.78 is 47.4. The third kappa shape index (κ3) is 5.47. The summed E-state index contributed by atoms with van der Waals surface area (Å²) in [6, 6.07) is 8.33. The van der Waals surface area contributed by atoms with Gasteiger partial charge in [0, 0.05) is 29.8 Å². The Hall–Kier alpha value is -4.53. The van der Waals surface area contributed by atoms with Gasteiger partial charge < -0.3 is 15.0 Å². The van der Waals surface area contributed by atoms with E-state index in [1.165, 1.54) is 21.8 Å². The third-order valence-electron chi connectivity index (χ3n) is 8.33. The van der Waals surface area contributed by atoms with Crippen LogP contribution in [0.4, 0.5) is 23.8 Å². The van der Waals surface area contributed by atoms with Crippen LogP contribution in [0.3, 0.4) is 0 Å². The van der Waals surface area contributed by atoms with E-state index in [1.807, 2.05) is 24.3 Å². The summed E-state index contributed by atoms with van der Waals surface area (Å²) in [5.74, 6) is -2.08. The molecule has 1 aromatic carbocycles. The van der Waals surface area contributed by atoms with Gasteiger partial charge in [-0.1, -0.05) is 38.1 Å². The van der Waals surface area contributed by atoms with Gasteiger partial charge >= 0.3 is 18.2 Å². The van der Waals surface area contributed by atoms with Crippen LogP contribution in [-0.2, 0) is 9.53 Å². The molecule has 15 heteroatoms. The highest BCUT2D eigenvalue weighted by Crippen LogP contribution is 2.40. The summed E-state index contributed by atoms with van der Waals surface area (Å²) in [6.07, 6.45) is 2.04. The van der Waals surface area contributed by atoms with Crippen molar-refractivity contribution in [3.05, 3.63) is 49.1 Å². The fraction of sp³-hybridized carbons (Fsp3) is 0.448. The van der Waals surface area contributed by atoms with Crippen molar-refractivity contribution < 1.29 is 27.5 Å². The van der Waals surface area contributed by atoms with Gasteiger partial charge in [-0.2, -0.15) is 23.4 Å². The largest absolute Gasteiger partial charge is 0.491 e. The molecule has 3 aromatic heterocycles. The SMILES string of the molecule is CC(C)[C@]1(OC(=O)C(F)(F)F)CN(CC[C@@H]2CCCNC2)C(=O)N1c1ccn2ncc(-c3ccc(-c4ncn[nH]4)cc3)c2n1. The molecule has 4 aromatic rings. The highest BCUT2D eigenvalue weighted by Gasteiger charge is 2.59. The molecule has 5 heterocycles. The van der Waals surface area contributed by atoms with Crippen molar-refractivity contribution >= 4 is 23.5 Å². The average Bonchev–Trinajstić information content (AvgIpc) is 3.75. The molecule has 12 nitrogen and oxygen atoms in total. The molecule has 0 saturated carbocycles. The lowest BCUT2D eigenvalue weighted by atomic mass is 9.95. The fourth-order valence-corrected chi connectivity index (χ4v) is 5.89. The number of ether oxygens (including phenoxy) is 1. The van der Waals surface area contributed by atoms with Crippen molar-refractivity contribution in [1.82, 2.24) is 40.0 Å². The number of nitrogens with zero attached hydrogens (tertiary/aromatic N) is 7. The Morgan fingerprint density at radius 3 is 2.61 bits per heavy atom. The minimum Gasteiger partial charge on any atom is -0.429 e. The molecule has 2 saturated heterocycles. The van der Waals surface area contributed by atoms with E-state index < -0.39 is 29.8 Å². The number of fused-ring (bicyclic) bond motifs is 1. The number of rotatable bonds is 8. The summed E-state index contributed by atoms with van der Waals surface area (Å²) in [5.41, 5.74) is 0.637. The number of carbonyl (C=O) groups is 2. The summed E-state index contributed by atoms with van der Waals surface area (Å²) >= 11 is 0. The number of hydrogen-bond donors (Lipinski definition) is 2. The second kappa shape index (κ2) is 11.5. The molecule has 0 spiro atoms. The first kappa shape index (κ1) is 29.5. The number of anilines is 1. The Kier molecular flexibility index (Phi) is 7.73. The van der Waals surface area contributed by atoms with Crippen LogP contribution in [0.15, 0.2) is 49.1 Å². The molecule has 2 amide bonds. The van der Waals surface area contributed by atoms with Crippen LogP contribution in [0.5, 0.6) is 0 Å². The second-order valence-corrected chi connectivity index (χ2v) is 11.5. The normalized spacial score (nSPS) is 21.0. The Bertz CT molecular complexity index is 1630. The van der Waals surface area contributed by atoms with Crippen LogP contribution < -0.4 is 10.2 Å². The van der Waals surface area contributed by atoms with E-state index >= 15 is 0 Å². The zero-order valence-corrected chi connectivity index (χ0v) is 24.2. The van der Waals surface area contributed by atoms with Crippen LogP contribution >= 0.6 is 0 Å². The van der Waals surface area contributed by atoms with Crippen molar-refractivity contribution in [2.75, 3.05) is 31.1 Å². The van der Waals surface area contributed by atoms with E-state index in [1.54, 1.807) is 26.2 Å². The molecule has 6 rings (SSSR count). The van der Waals surface area contributed by atoms with E-state index in [2.05, 4.69) is 25.6 Å². The molecule has 2 aliphatic heterocycles. The van der Waals surface area contributed by atoms with Gasteiger partial charge in [0.2, 0.25) is 5.72 Å². The van der Waals surface area contributed by atoms with Crippen LogP contribution in [0.25, 0.3) is 28.2 Å². The number of hydrogen-bond acceptors (Lipinski definition) is 8. The van der Waals surface area contributed by atoms with Gasteiger partial charge in [-0.15, -0.1) is 0 Å². The Balaban J connectivity index is 1.37. The number of benzene rings is 1. The first-order valence-corrected chi connectivity index (χ1v) is 14.5. The lowest BCUT2D eigenvalue weighted by molar-refractivity contribution is -0.216. The first-order chi connectivity index (χ1) is 21.1. The van der Waals surface area contributed by atoms with Crippen molar-refractivity contribution in [3.63, 3.8) is 0 Å². The quantitative estimate of drug-likeness (QED) is 0.282. The molecule has 232 valence electrons. The highest BCUT2D eigenvalue weighted by atomic mass is 19.4. The van der Waals surface area contributed by atoms with Gasteiger partial charge in [0.15, 0.2) is 11.5 Å². The molecule has 2 N–H and O–H groups in total. The lowest BCUT2D eigenvalue weighted by Gasteiger charge is -2.38. The topological polar surface area (TPSA) is 134 Å². The van der Waals surface area contributed by atoms with E-state index in [0.717, 1.165) is 42.0 Å². The molecule has 0 aliphatic carbocycles. The number of halogens is 3. The van der Waals surface area contributed by atoms with Crippen LogP contribution in [0.1, 0.15) is 33.1 Å². The molecule has 0 bridgehead atoms. The van der Waals surface area contributed by atoms with Crippen molar-refractivity contribution in [2.24, 2.45) is 11.8 Å². The van der Waals surface area contributed by atoms with Crippen LogP contribution in [-0.4, -0.2) is 84.8 Å². The van der Waals surface area contributed by atoms with Crippen LogP contribution in [0.2, 0.25) is 0 Å². The molecular weight excluding hydrogens is 579 g/mol. The van der Waals surface area contributed by atoms with E-state index in [-0.39, 0.29) is 12.4 Å². The van der Waals surface area contributed by atoms with E-state index in [9.17, 15) is 22.8 Å². The first-order valence-electron chi connectivity index (χ1n) is 14.5. The fourth-order valence-electron chi connectivity index (χ4n) is 5.89. The third-order valence-corrected chi connectivity index (χ3v) is 8.33. The van der Waals surface area contributed by atoms with Gasteiger partial charge in [-0.05, 0) is 49.9 Å². The number of aromatic nitrogens is 6. The Morgan fingerprint density at radius 2 is 1.95 bits per heavy atom. The predicted octanol–water partition coefficient (Wildman–Crippen LogP) is 4.27. The minimum absolute atomic E-state index is 0.0491. The number of nitrogens with one attached hydrogen (secondary N) is 2. The van der Waals surface area contributed by atoms with Gasteiger partial charge in [0.25, 0.3) is 0 Å². The summed E-state index contributed by atoms with van der Waals surface area (Å²) in [5, 5.41) is 14.4. The van der Waals surface area contributed by atoms with E-state index in [0.29, 0.717) is 35.9 Å². The number of piperidine rings is 1. The molecule has 2 atom stereocenters. The minimum atomic E-state index is -5.24. The molecular formula is C29H32F3N9O3. The van der Waals surface area contributed by atoms with Crippen molar-refractivity contribution in [1.29, 1.82) is 0 Å². The number of carbonyl (C=O) groups excluding carboxylic acids is 2. The maximum atomic E-state index is 14.0. The molecule has 44 heavy (non-hydrogen) atoms. The average molecular weight is 612 g/mol. The predicted molar refractivity (Wildman–Crippen MR) is 153 cm³/mol. The summed E-state index contributed by atoms with van der Waals surface area (Å²) in [7, 11) is 0. The maximum Gasteiger partial charge on any atom is 0.491 e. The monoisotopic (exact) mass is 611 g/mol. The Labute approximate surface area is 250 Å². The maximum absolute atomic E-state index is 14.0. The van der Waals surface area contributed by atoms with Gasteiger partial charge in [0.05, 0.1) is 12.7 Å². The van der Waals surface area contributed by atoms with Gasteiger partial charge in [0.1, 0.15) is 12.1 Å². The zero-order chi connectivity index (χ0) is 31.1. The van der Waals surface area contributed by atoms with Gasteiger partial charge in [-0.25, -0.2) is 29.0 Å². The highest BCUT2D eigenvalue weighted by molar-refractivity contribution is 5.96. The molecule has 0 radical (unpaired) electrons. The molecule has 2 fully saturated rings. The zero-order valence-electron chi connectivity index (χ0n) is 24.2. The number of urea groups is 1. The number of H-pyrrole nitrogens is 1. The number of alkyl halides is 3. The van der Waals surface area contributed by atoms with Crippen molar-refractivity contribution in [3.8, 4) is 22.5 Å². The van der Waals surface area contributed by atoms with Crippen molar-refractivity contribution in [2.45, 2.75) is 45.0 Å². The van der Waals surface area contributed by atoms with E-state index in [4.69, 9.17) is 9.72 Å². The van der Waals surface area contributed by atoms with Crippen LogP contribution in [0, 0.1) is 11.8 Å². The smallest absolute Gasteiger partial charge is 0.429 e. The lowest BCUT2D eigenvalue weighted by Crippen LogP contribution is -2.56. The number of aromatic amines is 1. The number of amides is 2. The number of esters is 1. The Morgan fingerprint density at radius 1 is 1.18 bits per heavy atom. The summed E-state index contributed by atoms with van der Waals surface area (Å²) in [4.78, 5) is 37.7. The second-order valence-electron chi connectivity index (χ2n) is 11.5. The standard InChI is InChI=1S/C29H32F3N9O3/c1-18(2)28(44-26(42)29(30,31)32)16-39(12-9-19-4-3-11-33-14-19)27(43)41(28)23-10-13-40-25(37-23)22(15-36-40)20-5-7-21(8-6-20)24-34-17-35-38-24/h5-8,10,13,15,17-19,33H,3-4,9,11-12,14,16H2,1-2H3,(H,34,35,38)/t19-,28+/m0/s1. The van der Waals surface area contributed by atoms with Gasteiger partial charge in [-0.3, -0.25) is 5.10 Å². The summed E-state index contributed by atoms with van der Waals surface area (Å²) in [6.45, 7) is 5.07. The molecule has 0 unspecified atom stereocenters. The molecule has 2 aliphatic rings.